The van der Waals surface area contributed by atoms with E-state index in [4.69, 9.17) is 0 Å². The highest BCUT2D eigenvalue weighted by Crippen LogP contribution is 2.27. The van der Waals surface area contributed by atoms with Gasteiger partial charge in [0.15, 0.2) is 0 Å². The summed E-state index contributed by atoms with van der Waals surface area (Å²) in [6.07, 6.45) is 0.897. The molecule has 18 heavy (non-hydrogen) atoms. The van der Waals surface area contributed by atoms with Gasteiger partial charge in [0.25, 0.3) is 0 Å². The summed E-state index contributed by atoms with van der Waals surface area (Å²) in [6, 6.07) is 5.86. The van der Waals surface area contributed by atoms with Gasteiger partial charge in [-0.3, -0.25) is 4.79 Å². The number of halogens is 2. The molecule has 5 heteroatoms. The number of carbonyl (C=O) groups is 1. The SMILES string of the molecule is Cc1cc(NC(=O)C2(C)CCNC2)ccc1Br.Cl. The predicted octanol–water partition coefficient (Wildman–Crippen LogP) is 3.12. The molecule has 0 aliphatic carbocycles. The van der Waals surface area contributed by atoms with E-state index >= 15 is 0 Å². The van der Waals surface area contributed by atoms with Crippen LogP contribution in [0.25, 0.3) is 0 Å². The fourth-order valence-electron chi connectivity index (χ4n) is 2.02. The van der Waals surface area contributed by atoms with Crippen LogP contribution in [0, 0.1) is 12.3 Å². The molecule has 0 aromatic heterocycles. The fourth-order valence-corrected chi connectivity index (χ4v) is 2.26. The molecule has 1 aromatic carbocycles. The number of anilines is 1. The predicted molar refractivity (Wildman–Crippen MR) is 80.4 cm³/mol. The van der Waals surface area contributed by atoms with E-state index in [0.29, 0.717) is 0 Å². The molecule has 1 atom stereocenters. The molecule has 2 N–H and O–H groups in total. The zero-order chi connectivity index (χ0) is 12.5. The first-order valence-electron chi connectivity index (χ1n) is 5.80. The van der Waals surface area contributed by atoms with Crippen LogP contribution in [-0.4, -0.2) is 19.0 Å². The maximum Gasteiger partial charge on any atom is 0.231 e. The molecule has 1 saturated heterocycles. The van der Waals surface area contributed by atoms with Crippen LogP contribution in [-0.2, 0) is 4.79 Å². The van der Waals surface area contributed by atoms with E-state index in [-0.39, 0.29) is 23.7 Å². The number of hydrogen-bond acceptors (Lipinski definition) is 2. The molecule has 1 fully saturated rings. The molecule has 0 radical (unpaired) electrons. The second kappa shape index (κ2) is 6.04. The number of nitrogens with one attached hydrogen (secondary N) is 2. The molecular formula is C13H18BrClN2O. The number of aryl methyl sites for hydroxylation is 1. The van der Waals surface area contributed by atoms with Crippen molar-refractivity contribution < 1.29 is 4.79 Å². The minimum atomic E-state index is -0.277. The smallest absolute Gasteiger partial charge is 0.231 e. The molecule has 1 unspecified atom stereocenters. The zero-order valence-corrected chi connectivity index (χ0v) is 13.0. The molecule has 0 bridgehead atoms. The van der Waals surface area contributed by atoms with Crippen molar-refractivity contribution >= 4 is 39.9 Å². The first-order chi connectivity index (χ1) is 8.01. The van der Waals surface area contributed by atoms with E-state index in [1.165, 1.54) is 0 Å². The van der Waals surface area contributed by atoms with Gasteiger partial charge in [-0.15, -0.1) is 12.4 Å². The molecule has 0 saturated carbocycles. The lowest BCUT2D eigenvalue weighted by atomic mass is 9.88. The van der Waals surface area contributed by atoms with E-state index in [1.54, 1.807) is 0 Å². The van der Waals surface area contributed by atoms with Crippen LogP contribution < -0.4 is 10.6 Å². The maximum atomic E-state index is 12.2. The molecule has 1 amide bonds. The Hall–Kier alpha value is -0.580. The number of carbonyl (C=O) groups excluding carboxylic acids is 1. The highest BCUT2D eigenvalue weighted by Gasteiger charge is 2.36. The Balaban J connectivity index is 0.00000162. The zero-order valence-electron chi connectivity index (χ0n) is 10.5. The van der Waals surface area contributed by atoms with Gasteiger partial charge in [-0.25, -0.2) is 0 Å². The molecular weight excluding hydrogens is 316 g/mol. The molecule has 100 valence electrons. The standard InChI is InChI=1S/C13H17BrN2O.ClH/c1-9-7-10(3-4-11(9)14)16-12(17)13(2)5-6-15-8-13;/h3-4,7,15H,5-6,8H2,1-2H3,(H,16,17);1H. The Morgan fingerprint density at radius 3 is 2.78 bits per heavy atom. The van der Waals surface area contributed by atoms with Gasteiger partial charge < -0.3 is 10.6 Å². The monoisotopic (exact) mass is 332 g/mol. The average molecular weight is 334 g/mol. The third-order valence-electron chi connectivity index (χ3n) is 3.33. The summed E-state index contributed by atoms with van der Waals surface area (Å²) in [4.78, 5) is 12.2. The van der Waals surface area contributed by atoms with Crippen molar-refractivity contribution in [3.05, 3.63) is 28.2 Å². The molecule has 3 nitrogen and oxygen atoms in total. The van der Waals surface area contributed by atoms with E-state index < -0.39 is 0 Å². The van der Waals surface area contributed by atoms with Crippen molar-refractivity contribution in [3.8, 4) is 0 Å². The number of benzene rings is 1. The molecule has 1 aliphatic heterocycles. The first kappa shape index (κ1) is 15.5. The highest BCUT2D eigenvalue weighted by atomic mass is 79.9. The van der Waals surface area contributed by atoms with Gasteiger partial charge in [0, 0.05) is 16.7 Å². The molecule has 0 spiro atoms. The van der Waals surface area contributed by atoms with Crippen LogP contribution in [0.3, 0.4) is 0 Å². The van der Waals surface area contributed by atoms with Gasteiger partial charge in [-0.2, -0.15) is 0 Å². The summed E-state index contributed by atoms with van der Waals surface area (Å²) < 4.78 is 1.06. The lowest BCUT2D eigenvalue weighted by Gasteiger charge is -2.21. The van der Waals surface area contributed by atoms with Crippen molar-refractivity contribution in [2.24, 2.45) is 5.41 Å². The van der Waals surface area contributed by atoms with Crippen molar-refractivity contribution in [1.29, 1.82) is 0 Å². The largest absolute Gasteiger partial charge is 0.326 e. The molecule has 1 aromatic rings. The Bertz CT molecular complexity index is 445. The summed E-state index contributed by atoms with van der Waals surface area (Å²) >= 11 is 3.45. The average Bonchev–Trinajstić information content (AvgIpc) is 2.72. The van der Waals surface area contributed by atoms with Gasteiger partial charge in [0.1, 0.15) is 0 Å². The van der Waals surface area contributed by atoms with E-state index in [9.17, 15) is 4.79 Å². The van der Waals surface area contributed by atoms with Crippen LogP contribution in [0.2, 0.25) is 0 Å². The van der Waals surface area contributed by atoms with Crippen LogP contribution >= 0.6 is 28.3 Å². The van der Waals surface area contributed by atoms with Crippen LogP contribution in [0.1, 0.15) is 18.9 Å². The van der Waals surface area contributed by atoms with Crippen LogP contribution in [0.15, 0.2) is 22.7 Å². The van der Waals surface area contributed by atoms with Crippen LogP contribution in [0.4, 0.5) is 5.69 Å². The lowest BCUT2D eigenvalue weighted by molar-refractivity contribution is -0.123. The first-order valence-corrected chi connectivity index (χ1v) is 6.59. The Kier molecular flexibility index (Phi) is 5.20. The van der Waals surface area contributed by atoms with E-state index in [2.05, 4.69) is 26.6 Å². The number of rotatable bonds is 2. The Labute approximate surface area is 122 Å². The Morgan fingerprint density at radius 1 is 1.50 bits per heavy atom. The molecule has 1 heterocycles. The molecule has 1 aliphatic rings. The highest BCUT2D eigenvalue weighted by molar-refractivity contribution is 9.10. The lowest BCUT2D eigenvalue weighted by Crippen LogP contribution is -2.35. The van der Waals surface area contributed by atoms with Crippen LogP contribution in [0.5, 0.6) is 0 Å². The fraction of sp³-hybridized carbons (Fsp3) is 0.462. The summed E-state index contributed by atoms with van der Waals surface area (Å²) in [7, 11) is 0. The van der Waals surface area contributed by atoms with Crippen molar-refractivity contribution in [1.82, 2.24) is 5.32 Å². The van der Waals surface area contributed by atoms with Gasteiger partial charge >= 0.3 is 0 Å². The third kappa shape index (κ3) is 3.25. The minimum absolute atomic E-state index is 0. The number of amides is 1. The number of hydrogen-bond donors (Lipinski definition) is 2. The third-order valence-corrected chi connectivity index (χ3v) is 4.22. The molecule has 2 rings (SSSR count). The van der Waals surface area contributed by atoms with Gasteiger partial charge in [-0.05, 0) is 50.6 Å². The van der Waals surface area contributed by atoms with Crippen molar-refractivity contribution in [2.75, 3.05) is 18.4 Å². The Morgan fingerprint density at radius 2 is 2.22 bits per heavy atom. The summed E-state index contributed by atoms with van der Waals surface area (Å²) in [5.74, 6) is 0.101. The maximum absolute atomic E-state index is 12.2. The van der Waals surface area contributed by atoms with Gasteiger partial charge in [0.2, 0.25) is 5.91 Å². The second-order valence-corrected chi connectivity index (χ2v) is 5.76. The van der Waals surface area contributed by atoms with Gasteiger partial charge in [-0.1, -0.05) is 15.9 Å². The van der Waals surface area contributed by atoms with E-state index in [0.717, 1.165) is 35.2 Å². The van der Waals surface area contributed by atoms with Crippen molar-refractivity contribution in [2.45, 2.75) is 20.3 Å². The van der Waals surface area contributed by atoms with Crippen molar-refractivity contribution in [3.63, 3.8) is 0 Å². The summed E-state index contributed by atoms with van der Waals surface area (Å²) in [6.45, 7) is 5.70. The van der Waals surface area contributed by atoms with E-state index in [1.807, 2.05) is 32.0 Å². The minimum Gasteiger partial charge on any atom is -0.326 e. The summed E-state index contributed by atoms with van der Waals surface area (Å²) in [5, 5.41) is 6.22. The topological polar surface area (TPSA) is 41.1 Å². The second-order valence-electron chi connectivity index (χ2n) is 4.91. The summed E-state index contributed by atoms with van der Waals surface area (Å²) in [5.41, 5.74) is 1.71. The van der Waals surface area contributed by atoms with Gasteiger partial charge in [0.05, 0.1) is 5.41 Å². The normalized spacial score (nSPS) is 22.4. The quantitative estimate of drug-likeness (QED) is 0.873.